The highest BCUT2D eigenvalue weighted by Gasteiger charge is 2.30. The Labute approximate surface area is 423 Å². The maximum Gasteiger partial charge on any atom is 0.530 e. The number of hydrogen-bond donors (Lipinski definition) is 0. The van der Waals surface area contributed by atoms with Crippen molar-refractivity contribution in [3.8, 4) is 45.6 Å². The van der Waals surface area contributed by atoms with Crippen LogP contribution in [0.5, 0.6) is 34.5 Å². The Balaban J connectivity index is 1.46. The van der Waals surface area contributed by atoms with E-state index < -0.39 is 17.2 Å². The first-order valence-corrected chi connectivity index (χ1v) is 25.5. The van der Waals surface area contributed by atoms with Gasteiger partial charge in [0.05, 0.1) is 28.4 Å². The number of aryl methyl sites for hydroxylation is 8. The number of hydrogen-bond acceptors (Lipinski definition) is 14. The first kappa shape index (κ1) is 54.2. The maximum atomic E-state index is 12.3. The third-order valence-corrected chi connectivity index (χ3v) is 13.4. The molecule has 0 fully saturated rings. The van der Waals surface area contributed by atoms with Gasteiger partial charge in [-0.2, -0.15) is 0 Å². The molecule has 0 saturated heterocycles. The lowest BCUT2D eigenvalue weighted by Crippen LogP contribution is -2.09. The third kappa shape index (κ3) is 15.4. The van der Waals surface area contributed by atoms with Gasteiger partial charge in [0.1, 0.15) is 34.5 Å². The quantitative estimate of drug-likeness (QED) is 0.0303. The van der Waals surface area contributed by atoms with E-state index in [1.165, 1.54) is 28.4 Å². The Hall–Kier alpha value is -7.14. The van der Waals surface area contributed by atoms with Gasteiger partial charge in [-0.05, 0) is 134 Å². The molecule has 0 heterocycles. The highest BCUT2D eigenvalue weighted by Crippen LogP contribution is 2.53. The van der Waals surface area contributed by atoms with Crippen molar-refractivity contribution in [2.45, 2.75) is 79.1 Å². The Kier molecular flexibility index (Phi) is 20.2. The van der Waals surface area contributed by atoms with Crippen LogP contribution in [0.4, 0.5) is 0 Å². The fourth-order valence-electron chi connectivity index (χ4n) is 7.69. The first-order chi connectivity index (χ1) is 34.8. The zero-order valence-electron chi connectivity index (χ0n) is 41.8. The summed E-state index contributed by atoms with van der Waals surface area (Å²) in [6.45, 7) is 7.85. The van der Waals surface area contributed by atoms with Gasteiger partial charge >= 0.3 is 41.1 Å². The molecular formula is C56H60O14P2. The van der Waals surface area contributed by atoms with E-state index in [1.807, 2.05) is 125 Å². The lowest BCUT2D eigenvalue weighted by atomic mass is 9.95. The van der Waals surface area contributed by atoms with E-state index in [2.05, 4.69) is 0 Å². The van der Waals surface area contributed by atoms with Gasteiger partial charge in [0, 0.05) is 36.8 Å². The number of carbonyl (C=O) groups is 4. The molecule has 378 valence electrons. The topological polar surface area (TPSA) is 161 Å². The lowest BCUT2D eigenvalue weighted by molar-refractivity contribution is -0.141. The minimum absolute atomic E-state index is 0.123. The van der Waals surface area contributed by atoms with Crippen LogP contribution in [0.2, 0.25) is 0 Å². The van der Waals surface area contributed by atoms with Crippen LogP contribution in [0.25, 0.3) is 11.1 Å². The van der Waals surface area contributed by atoms with Crippen molar-refractivity contribution in [2.24, 2.45) is 0 Å². The molecule has 16 heteroatoms. The summed E-state index contributed by atoms with van der Waals surface area (Å²) in [5.74, 6) is 1.19. The summed E-state index contributed by atoms with van der Waals surface area (Å²) in [7, 11) is 0.730. The van der Waals surface area contributed by atoms with Crippen LogP contribution in [-0.4, -0.2) is 52.3 Å². The molecule has 0 saturated carbocycles. The van der Waals surface area contributed by atoms with E-state index >= 15 is 0 Å². The summed E-state index contributed by atoms with van der Waals surface area (Å²) >= 11 is 0. The summed E-state index contributed by atoms with van der Waals surface area (Å²) in [5.41, 5.74) is 7.64. The third-order valence-electron chi connectivity index (χ3n) is 11.3. The molecule has 6 aromatic carbocycles. The fourth-order valence-corrected chi connectivity index (χ4v) is 10.0. The monoisotopic (exact) mass is 1020 g/mol. The molecule has 0 amide bonds. The SMILES string of the molecule is COC(=O)CCc1ccccc1OP(Oc1ccccc1CCC(=O)OC)Oc1c(C)cc(C)cc1-c1cc(C)cc(C)c1OP(Oc1ccccc1CCC(=O)OC)Oc1ccccc1CCC(=O)OC. The number of rotatable bonds is 25. The predicted octanol–water partition coefficient (Wildman–Crippen LogP) is 12.5. The second-order valence-electron chi connectivity index (χ2n) is 16.6. The van der Waals surface area contributed by atoms with Crippen LogP contribution < -0.4 is 27.1 Å². The standard InChI is InChI=1S/C56H60O14P2/c1-37-33-39(3)55(69-71(65-47-21-13-9-17-41(47)25-29-51(57)61-5)66-48-22-14-10-18-42(48)26-30-52(58)62-6)45(35-37)46-36-38(2)34-40(4)56(46)70-72(67-49-23-15-11-19-43(49)27-31-53(59)63-7)68-50-24-16-12-20-44(50)28-32-54(60)64-8/h9-24,33-36H,25-32H2,1-8H3. The number of methoxy groups -OCH3 is 4. The van der Waals surface area contributed by atoms with E-state index in [1.54, 1.807) is 24.3 Å². The molecule has 14 nitrogen and oxygen atoms in total. The highest BCUT2D eigenvalue weighted by molar-refractivity contribution is 7.43. The van der Waals surface area contributed by atoms with Crippen LogP contribution in [0.15, 0.2) is 121 Å². The fraction of sp³-hybridized carbons (Fsp3) is 0.286. The van der Waals surface area contributed by atoms with Gasteiger partial charge < -0.3 is 46.1 Å². The summed E-state index contributed by atoms with van der Waals surface area (Å²) < 4.78 is 60.7. The number of carbonyl (C=O) groups excluding carboxylic acids is 4. The number of benzene rings is 6. The summed E-state index contributed by atoms with van der Waals surface area (Å²) in [5, 5.41) is 0. The second kappa shape index (κ2) is 26.9. The van der Waals surface area contributed by atoms with Crippen LogP contribution in [0, 0.1) is 27.7 Å². The Morgan fingerprint density at radius 1 is 0.361 bits per heavy atom. The number of esters is 4. The Morgan fingerprint density at radius 2 is 0.611 bits per heavy atom. The average Bonchev–Trinajstić information content (AvgIpc) is 3.38. The molecule has 72 heavy (non-hydrogen) atoms. The predicted molar refractivity (Wildman–Crippen MR) is 276 cm³/mol. The van der Waals surface area contributed by atoms with Crippen LogP contribution >= 0.6 is 17.2 Å². The maximum absolute atomic E-state index is 12.3. The molecule has 6 aromatic rings. The zero-order chi connectivity index (χ0) is 51.6. The minimum Gasteiger partial charge on any atom is -0.469 e. The normalized spacial score (nSPS) is 10.9. The molecule has 0 aliphatic heterocycles. The highest BCUT2D eigenvalue weighted by atomic mass is 31.2. The average molecular weight is 1020 g/mol. The molecule has 0 bridgehead atoms. The van der Waals surface area contributed by atoms with Crippen molar-refractivity contribution in [2.75, 3.05) is 28.4 Å². The molecule has 0 aliphatic rings. The Morgan fingerprint density at radius 3 is 0.861 bits per heavy atom. The van der Waals surface area contributed by atoms with Gasteiger partial charge in [-0.3, -0.25) is 19.2 Å². The van der Waals surface area contributed by atoms with Crippen LogP contribution in [0.3, 0.4) is 0 Å². The molecule has 0 spiro atoms. The van der Waals surface area contributed by atoms with Gasteiger partial charge in [0.2, 0.25) is 0 Å². The van der Waals surface area contributed by atoms with E-state index in [-0.39, 0.29) is 49.6 Å². The van der Waals surface area contributed by atoms with Crippen molar-refractivity contribution in [3.05, 3.63) is 166 Å². The molecule has 0 atom stereocenters. The van der Waals surface area contributed by atoms with Gasteiger partial charge in [0.25, 0.3) is 0 Å². The first-order valence-electron chi connectivity index (χ1n) is 23.3. The van der Waals surface area contributed by atoms with Crippen molar-refractivity contribution < 1.29 is 65.3 Å². The largest absolute Gasteiger partial charge is 0.530 e. The van der Waals surface area contributed by atoms with E-state index in [0.717, 1.165) is 44.5 Å². The molecule has 6 rings (SSSR count). The van der Waals surface area contributed by atoms with Crippen molar-refractivity contribution in [1.82, 2.24) is 0 Å². The van der Waals surface area contributed by atoms with Gasteiger partial charge in [-0.1, -0.05) is 84.9 Å². The number of ether oxygens (including phenoxy) is 4. The molecule has 0 radical (unpaired) electrons. The Bertz CT molecular complexity index is 2510. The van der Waals surface area contributed by atoms with Crippen molar-refractivity contribution in [1.29, 1.82) is 0 Å². The van der Waals surface area contributed by atoms with Crippen molar-refractivity contribution >= 4 is 41.1 Å². The van der Waals surface area contributed by atoms with Crippen LogP contribution in [0.1, 0.15) is 70.2 Å². The summed E-state index contributed by atoms with van der Waals surface area (Å²) in [6.07, 6.45) is 1.82. The lowest BCUT2D eigenvalue weighted by Gasteiger charge is -2.25. The molecule has 0 aliphatic carbocycles. The van der Waals surface area contributed by atoms with E-state index in [4.69, 9.17) is 46.1 Å². The van der Waals surface area contributed by atoms with E-state index in [0.29, 0.717) is 71.3 Å². The van der Waals surface area contributed by atoms with Gasteiger partial charge in [-0.15, -0.1) is 0 Å². The summed E-state index contributed by atoms with van der Waals surface area (Å²) in [4.78, 5) is 49.1. The molecule has 0 N–H and O–H groups in total. The smallest absolute Gasteiger partial charge is 0.469 e. The molecule has 0 unspecified atom stereocenters. The van der Waals surface area contributed by atoms with Gasteiger partial charge in [0.15, 0.2) is 0 Å². The van der Waals surface area contributed by atoms with Crippen molar-refractivity contribution in [3.63, 3.8) is 0 Å². The van der Waals surface area contributed by atoms with Crippen LogP contribution in [-0.2, 0) is 63.8 Å². The second-order valence-corrected chi connectivity index (χ2v) is 18.6. The minimum atomic E-state index is -2.33. The molecular weight excluding hydrogens is 959 g/mol. The molecule has 0 aromatic heterocycles. The van der Waals surface area contributed by atoms with E-state index in [9.17, 15) is 19.2 Å². The number of para-hydroxylation sites is 4. The summed E-state index contributed by atoms with van der Waals surface area (Å²) in [6, 6.07) is 37.4. The van der Waals surface area contributed by atoms with Gasteiger partial charge in [-0.25, -0.2) is 0 Å². The zero-order valence-corrected chi connectivity index (χ0v) is 43.6.